The Balaban J connectivity index is 4.56. The van der Waals surface area contributed by atoms with Gasteiger partial charge in [-0.1, -0.05) is 131 Å². The van der Waals surface area contributed by atoms with Crippen LogP contribution in [0.5, 0.6) is 0 Å². The van der Waals surface area contributed by atoms with Gasteiger partial charge in [-0.25, -0.2) is 0 Å². The second kappa shape index (κ2) is 33.6. The Morgan fingerprint density at radius 2 is 1.12 bits per heavy atom. The first-order valence-electron chi connectivity index (χ1n) is 19.2. The van der Waals surface area contributed by atoms with Crippen LogP contribution in [-0.4, -0.2) is 75.5 Å². The van der Waals surface area contributed by atoms with Crippen molar-refractivity contribution in [1.82, 2.24) is 0 Å². The minimum Gasteiger partial charge on any atom is -0.544 e. The lowest BCUT2D eigenvalue weighted by Crippen LogP contribution is -2.55. The summed E-state index contributed by atoms with van der Waals surface area (Å²) >= 11 is 0. The standard InChI is InChI=1S/C43H69NO7/c1-6-8-10-12-14-16-18-19-20-21-22-23-24-26-28-30-32-34-42(46)51-39(37-49-36-35-40(43(47)48)44(3,4)5)38-50-41(45)33-31-29-27-25-17-15-13-11-9-7-2/h8,10,12-16,18-24,39-40H,6-7,9,11,17,25-38H2,1-5H3/b10-8+,14-12+,15-13+,18-16+,20-19+,22-21+,24-23+. The van der Waals surface area contributed by atoms with E-state index in [4.69, 9.17) is 14.2 Å². The van der Waals surface area contributed by atoms with Gasteiger partial charge in [0.05, 0.1) is 40.3 Å². The Labute approximate surface area is 310 Å². The summed E-state index contributed by atoms with van der Waals surface area (Å²) in [6, 6.07) is -0.739. The van der Waals surface area contributed by atoms with Crippen molar-refractivity contribution in [3.05, 3.63) is 85.1 Å². The highest BCUT2D eigenvalue weighted by Crippen LogP contribution is 2.11. The lowest BCUT2D eigenvalue weighted by Gasteiger charge is -2.34. The zero-order chi connectivity index (χ0) is 37.8. The molecule has 0 heterocycles. The summed E-state index contributed by atoms with van der Waals surface area (Å²) in [5, 5.41) is 11.6. The molecular weight excluding hydrogens is 642 g/mol. The number of ether oxygens (including phenoxy) is 3. The van der Waals surface area contributed by atoms with Gasteiger partial charge in [0, 0.05) is 19.3 Å². The molecule has 0 fully saturated rings. The fraction of sp³-hybridized carbons (Fsp3) is 0.605. The summed E-state index contributed by atoms with van der Waals surface area (Å²) < 4.78 is 17.0. The molecule has 0 aromatic heterocycles. The highest BCUT2D eigenvalue weighted by atomic mass is 16.6. The van der Waals surface area contributed by atoms with E-state index >= 15 is 0 Å². The van der Waals surface area contributed by atoms with E-state index in [-0.39, 0.29) is 49.1 Å². The highest BCUT2D eigenvalue weighted by Gasteiger charge is 2.25. The number of hydrogen-bond donors (Lipinski definition) is 0. The van der Waals surface area contributed by atoms with Gasteiger partial charge >= 0.3 is 11.9 Å². The molecule has 2 atom stereocenters. The van der Waals surface area contributed by atoms with Gasteiger partial charge in [-0.3, -0.25) is 9.59 Å². The molecule has 0 saturated heterocycles. The number of aliphatic carboxylic acids is 1. The van der Waals surface area contributed by atoms with Crippen LogP contribution in [0.2, 0.25) is 0 Å². The zero-order valence-corrected chi connectivity index (χ0v) is 32.5. The lowest BCUT2D eigenvalue weighted by molar-refractivity contribution is -0.889. The number of carboxylic acids is 1. The molecule has 2 unspecified atom stereocenters. The fourth-order valence-electron chi connectivity index (χ4n) is 4.90. The predicted octanol–water partition coefficient (Wildman–Crippen LogP) is 8.46. The third-order valence-electron chi connectivity index (χ3n) is 7.93. The van der Waals surface area contributed by atoms with Gasteiger partial charge in [-0.2, -0.15) is 0 Å². The number of hydrogen-bond acceptors (Lipinski definition) is 7. The third-order valence-corrected chi connectivity index (χ3v) is 7.93. The van der Waals surface area contributed by atoms with E-state index in [9.17, 15) is 19.5 Å². The number of carbonyl (C=O) groups is 3. The van der Waals surface area contributed by atoms with Crippen molar-refractivity contribution in [2.24, 2.45) is 0 Å². The molecule has 0 aliphatic rings. The molecule has 0 amide bonds. The molecule has 0 aliphatic heterocycles. The second-order valence-electron chi connectivity index (χ2n) is 13.6. The number of unbranched alkanes of at least 4 members (excludes halogenated alkanes) is 9. The maximum Gasteiger partial charge on any atom is 0.306 e. The molecule has 8 heteroatoms. The van der Waals surface area contributed by atoms with Crippen molar-refractivity contribution in [3.8, 4) is 0 Å². The van der Waals surface area contributed by atoms with Crippen molar-refractivity contribution in [2.45, 2.75) is 129 Å². The largest absolute Gasteiger partial charge is 0.544 e. The van der Waals surface area contributed by atoms with E-state index in [1.807, 2.05) is 60.8 Å². The lowest BCUT2D eigenvalue weighted by atomic mass is 10.1. The van der Waals surface area contributed by atoms with Crippen LogP contribution in [0.3, 0.4) is 0 Å². The molecule has 0 radical (unpaired) electrons. The SMILES string of the molecule is CC/C=C/C=C/C=C/C=C/C=C/C=C/CCCCCC(=O)OC(COCCC(C(=O)[O-])[N+](C)(C)C)COC(=O)CCCCCC/C=C/CCCC. The number of rotatable bonds is 32. The molecule has 0 saturated carbocycles. The van der Waals surface area contributed by atoms with Crippen LogP contribution < -0.4 is 5.11 Å². The molecule has 0 N–H and O–H groups in total. The van der Waals surface area contributed by atoms with E-state index in [0.29, 0.717) is 12.8 Å². The Kier molecular flexibility index (Phi) is 31.3. The van der Waals surface area contributed by atoms with Gasteiger partial charge < -0.3 is 28.6 Å². The van der Waals surface area contributed by atoms with Crippen LogP contribution in [0.1, 0.15) is 117 Å². The Bertz CT molecular complexity index is 1110. The average Bonchev–Trinajstić information content (AvgIpc) is 3.08. The summed E-state index contributed by atoms with van der Waals surface area (Å²) in [6.07, 6.45) is 41.8. The van der Waals surface area contributed by atoms with E-state index in [0.717, 1.165) is 64.2 Å². The van der Waals surface area contributed by atoms with Gasteiger partial charge in [0.2, 0.25) is 0 Å². The Hall–Kier alpha value is -3.49. The van der Waals surface area contributed by atoms with Crippen LogP contribution in [0.4, 0.5) is 0 Å². The highest BCUT2D eigenvalue weighted by molar-refractivity contribution is 5.70. The summed E-state index contributed by atoms with van der Waals surface area (Å²) in [6.45, 7) is 4.37. The van der Waals surface area contributed by atoms with Crippen molar-refractivity contribution in [1.29, 1.82) is 0 Å². The summed E-state index contributed by atoms with van der Waals surface area (Å²) in [5.74, 6) is -1.83. The van der Waals surface area contributed by atoms with Gasteiger partial charge in [0.1, 0.15) is 12.6 Å². The maximum absolute atomic E-state index is 12.6. The van der Waals surface area contributed by atoms with Crippen LogP contribution in [-0.2, 0) is 28.6 Å². The number of nitrogens with zero attached hydrogens (tertiary/aromatic N) is 1. The molecule has 288 valence electrons. The normalized spacial score (nSPS) is 14.0. The molecular formula is C43H69NO7. The van der Waals surface area contributed by atoms with Crippen molar-refractivity contribution in [3.63, 3.8) is 0 Å². The predicted molar refractivity (Wildman–Crippen MR) is 208 cm³/mol. The average molecular weight is 712 g/mol. The number of esters is 2. The van der Waals surface area contributed by atoms with Gasteiger partial charge in [-0.05, 0) is 51.4 Å². The number of quaternary nitrogens is 1. The molecule has 51 heavy (non-hydrogen) atoms. The summed E-state index contributed by atoms with van der Waals surface area (Å²) in [4.78, 5) is 36.6. The number of carbonyl (C=O) groups excluding carboxylic acids is 3. The minimum atomic E-state index is -1.14. The fourth-order valence-corrected chi connectivity index (χ4v) is 4.90. The van der Waals surface area contributed by atoms with Crippen molar-refractivity contribution in [2.75, 3.05) is 41.0 Å². The first kappa shape index (κ1) is 47.5. The molecule has 0 aliphatic carbocycles. The van der Waals surface area contributed by atoms with Crippen LogP contribution in [0.25, 0.3) is 0 Å². The van der Waals surface area contributed by atoms with Crippen LogP contribution in [0.15, 0.2) is 85.1 Å². The summed E-state index contributed by atoms with van der Waals surface area (Å²) in [7, 11) is 5.36. The molecule has 0 aromatic rings. The molecule has 0 spiro atoms. The topological polar surface area (TPSA) is 102 Å². The minimum absolute atomic E-state index is 0.0131. The van der Waals surface area contributed by atoms with E-state index in [2.05, 4.69) is 38.2 Å². The van der Waals surface area contributed by atoms with E-state index in [1.165, 1.54) is 12.8 Å². The van der Waals surface area contributed by atoms with Gasteiger partial charge in [0.25, 0.3) is 0 Å². The number of carboxylic acid groups (broad SMARTS) is 1. The Morgan fingerprint density at radius 1 is 0.608 bits per heavy atom. The van der Waals surface area contributed by atoms with E-state index < -0.39 is 18.1 Å². The molecule has 0 bridgehead atoms. The van der Waals surface area contributed by atoms with Crippen molar-refractivity contribution < 1.29 is 38.2 Å². The summed E-state index contributed by atoms with van der Waals surface area (Å²) in [5.41, 5.74) is 0. The molecule has 8 nitrogen and oxygen atoms in total. The van der Waals surface area contributed by atoms with Crippen LogP contribution in [0, 0.1) is 0 Å². The maximum atomic E-state index is 12.6. The first-order chi connectivity index (χ1) is 24.6. The molecule has 0 aromatic carbocycles. The zero-order valence-electron chi connectivity index (χ0n) is 32.5. The van der Waals surface area contributed by atoms with Gasteiger partial charge in [-0.15, -0.1) is 0 Å². The van der Waals surface area contributed by atoms with Gasteiger partial charge in [0.15, 0.2) is 6.10 Å². The smallest absolute Gasteiger partial charge is 0.306 e. The van der Waals surface area contributed by atoms with Crippen molar-refractivity contribution >= 4 is 17.9 Å². The van der Waals surface area contributed by atoms with Crippen LogP contribution >= 0.6 is 0 Å². The third kappa shape index (κ3) is 32.2. The Morgan fingerprint density at radius 3 is 1.69 bits per heavy atom. The second-order valence-corrected chi connectivity index (χ2v) is 13.6. The monoisotopic (exact) mass is 712 g/mol. The number of likely N-dealkylation sites (N-methyl/N-ethyl adjacent to an activating group) is 1. The number of allylic oxidation sites excluding steroid dienone is 14. The first-order valence-corrected chi connectivity index (χ1v) is 19.2. The quantitative estimate of drug-likeness (QED) is 0.0227. The molecule has 0 rings (SSSR count). The van der Waals surface area contributed by atoms with E-state index in [1.54, 1.807) is 21.1 Å².